The summed E-state index contributed by atoms with van der Waals surface area (Å²) < 4.78 is 21.3. The number of nitrogens with zero attached hydrogens (tertiary/aromatic N) is 2. The van der Waals surface area contributed by atoms with Crippen LogP contribution in [0.3, 0.4) is 0 Å². The number of nitriles is 1. The van der Waals surface area contributed by atoms with Gasteiger partial charge in [0.05, 0.1) is 38.9 Å². The van der Waals surface area contributed by atoms with Crippen molar-refractivity contribution in [1.29, 1.82) is 5.26 Å². The topological polar surface area (TPSA) is 153 Å². The summed E-state index contributed by atoms with van der Waals surface area (Å²) in [6.07, 6.45) is 2.74. The predicted octanol–water partition coefficient (Wildman–Crippen LogP) is 8.46. The van der Waals surface area contributed by atoms with Crippen molar-refractivity contribution in [2.45, 2.75) is 51.0 Å². The first-order valence-electron chi connectivity index (χ1n) is 16.7. The summed E-state index contributed by atoms with van der Waals surface area (Å²) in [7, 11) is 4.43. The molecule has 0 spiro atoms. The zero-order valence-corrected chi connectivity index (χ0v) is 30.5. The number of halogens is 1. The van der Waals surface area contributed by atoms with Crippen LogP contribution in [-0.2, 0) is 5.41 Å². The number of carbonyl (C=O) groups is 3. The summed E-state index contributed by atoms with van der Waals surface area (Å²) in [5.74, 6) is 0.476. The van der Waals surface area contributed by atoms with Crippen LogP contribution in [0.2, 0.25) is 5.02 Å². The van der Waals surface area contributed by atoms with Crippen LogP contribution in [0.25, 0.3) is 0 Å². The number of hydrogen-bond acceptors (Lipinski definition) is 8. The van der Waals surface area contributed by atoms with Gasteiger partial charge in [0.25, 0.3) is 11.8 Å². The first-order valence-corrected chi connectivity index (χ1v) is 17.1. The third-order valence-electron chi connectivity index (χ3n) is 9.28. The molecule has 0 heterocycles. The number of nitrogens with two attached hydrogens (primary N) is 1. The van der Waals surface area contributed by atoms with E-state index in [0.717, 1.165) is 31.2 Å². The summed E-state index contributed by atoms with van der Waals surface area (Å²) in [6.45, 7) is 3.57. The Morgan fingerprint density at radius 3 is 2.15 bits per heavy atom. The Morgan fingerprint density at radius 2 is 1.50 bits per heavy atom. The standard InChI is InChI=1S/C40H41ClN4O7/c1-40(2,23-42)30-22-29(15-16-31(30)41)45(38(47)27-14-17-32(49-3)34(21-27)50-4)36(24-9-6-7-10-24)25-11-8-12-28(19-25)44-37(46)26-13-18-33(52-39(43)48)35(20-26)51-5/h8,11-22,24,36H,6-7,9-10H2,1-5H3,(H2,43,48)(H,44,46). The largest absolute Gasteiger partial charge is 0.493 e. The number of benzene rings is 4. The number of ether oxygens (including phenoxy) is 4. The first-order chi connectivity index (χ1) is 24.9. The van der Waals surface area contributed by atoms with Gasteiger partial charge in [-0.15, -0.1) is 0 Å². The molecule has 0 bridgehead atoms. The van der Waals surface area contributed by atoms with E-state index >= 15 is 0 Å². The van der Waals surface area contributed by atoms with E-state index < -0.39 is 23.5 Å². The van der Waals surface area contributed by atoms with Crippen LogP contribution < -0.4 is 34.9 Å². The second-order valence-electron chi connectivity index (χ2n) is 13.0. The van der Waals surface area contributed by atoms with Gasteiger partial charge in [-0.25, -0.2) is 4.79 Å². The van der Waals surface area contributed by atoms with Gasteiger partial charge in [0, 0.05) is 27.5 Å². The first kappa shape index (κ1) is 37.5. The lowest BCUT2D eigenvalue weighted by molar-refractivity contribution is 0.0965. The van der Waals surface area contributed by atoms with E-state index in [1.165, 1.54) is 39.5 Å². The molecule has 4 aromatic carbocycles. The summed E-state index contributed by atoms with van der Waals surface area (Å²) in [6, 6.07) is 24.0. The number of methoxy groups -OCH3 is 3. The van der Waals surface area contributed by atoms with E-state index in [1.807, 2.05) is 24.3 Å². The lowest BCUT2D eigenvalue weighted by Crippen LogP contribution is -2.38. The number of rotatable bonds is 12. The van der Waals surface area contributed by atoms with Crippen LogP contribution in [0.4, 0.5) is 16.2 Å². The molecule has 3 N–H and O–H groups in total. The van der Waals surface area contributed by atoms with E-state index in [9.17, 15) is 19.6 Å². The fraction of sp³-hybridized carbons (Fsp3) is 0.300. The lowest BCUT2D eigenvalue weighted by atomic mass is 9.85. The second kappa shape index (κ2) is 16.1. The molecule has 11 nitrogen and oxygen atoms in total. The van der Waals surface area contributed by atoms with Gasteiger partial charge in [0.15, 0.2) is 23.0 Å². The van der Waals surface area contributed by atoms with Gasteiger partial charge in [-0.2, -0.15) is 5.26 Å². The molecule has 0 saturated heterocycles. The van der Waals surface area contributed by atoms with Crippen LogP contribution >= 0.6 is 11.6 Å². The summed E-state index contributed by atoms with van der Waals surface area (Å²) >= 11 is 6.67. The molecule has 1 aliphatic rings. The highest BCUT2D eigenvalue weighted by Crippen LogP contribution is 2.45. The summed E-state index contributed by atoms with van der Waals surface area (Å²) in [5.41, 5.74) is 7.31. The molecule has 0 aliphatic heterocycles. The van der Waals surface area contributed by atoms with Crippen molar-refractivity contribution in [2.75, 3.05) is 31.5 Å². The fourth-order valence-electron chi connectivity index (χ4n) is 6.63. The van der Waals surface area contributed by atoms with E-state index in [4.69, 9.17) is 36.3 Å². The third-order valence-corrected chi connectivity index (χ3v) is 9.61. The van der Waals surface area contributed by atoms with Crippen LogP contribution in [0.15, 0.2) is 78.9 Å². The van der Waals surface area contributed by atoms with Crippen LogP contribution in [0.5, 0.6) is 23.0 Å². The average molecular weight is 725 g/mol. The van der Waals surface area contributed by atoms with Crippen molar-refractivity contribution in [3.63, 3.8) is 0 Å². The lowest BCUT2D eigenvalue weighted by Gasteiger charge is -2.37. The number of anilines is 2. The van der Waals surface area contributed by atoms with E-state index in [-0.39, 0.29) is 28.9 Å². The quantitative estimate of drug-likeness (QED) is 0.148. The van der Waals surface area contributed by atoms with Gasteiger partial charge in [-0.1, -0.05) is 36.6 Å². The fourth-order valence-corrected chi connectivity index (χ4v) is 6.98. The molecule has 270 valence electrons. The minimum atomic E-state index is -1.01. The Kier molecular flexibility index (Phi) is 11.6. The second-order valence-corrected chi connectivity index (χ2v) is 13.4. The highest BCUT2D eigenvalue weighted by Gasteiger charge is 2.37. The molecule has 0 aromatic heterocycles. The number of primary amides is 1. The minimum Gasteiger partial charge on any atom is -0.493 e. The minimum absolute atomic E-state index is 0.0696. The van der Waals surface area contributed by atoms with E-state index in [2.05, 4.69) is 11.4 Å². The van der Waals surface area contributed by atoms with Gasteiger partial charge in [-0.05, 0) is 110 Å². The third kappa shape index (κ3) is 8.08. The average Bonchev–Trinajstić information content (AvgIpc) is 3.68. The van der Waals surface area contributed by atoms with E-state index in [0.29, 0.717) is 39.0 Å². The normalized spacial score (nSPS) is 13.4. The van der Waals surface area contributed by atoms with Crippen molar-refractivity contribution in [1.82, 2.24) is 0 Å². The van der Waals surface area contributed by atoms with Crippen LogP contribution in [0, 0.1) is 17.2 Å². The molecule has 3 amide bonds. The molecule has 52 heavy (non-hydrogen) atoms. The summed E-state index contributed by atoms with van der Waals surface area (Å²) in [5, 5.41) is 13.4. The molecule has 1 atom stereocenters. The molecular formula is C40H41ClN4O7. The van der Waals surface area contributed by atoms with Gasteiger partial charge in [-0.3, -0.25) is 9.59 Å². The maximum absolute atomic E-state index is 14.9. The van der Waals surface area contributed by atoms with Gasteiger partial charge in [0.2, 0.25) is 0 Å². The molecule has 12 heteroatoms. The molecule has 0 radical (unpaired) electrons. The van der Waals surface area contributed by atoms with Crippen molar-refractivity contribution >= 4 is 40.9 Å². The molecular weight excluding hydrogens is 684 g/mol. The van der Waals surface area contributed by atoms with Crippen molar-refractivity contribution in [3.05, 3.63) is 106 Å². The van der Waals surface area contributed by atoms with Crippen LogP contribution in [-0.4, -0.2) is 39.2 Å². The highest BCUT2D eigenvalue weighted by atomic mass is 35.5. The molecule has 1 aliphatic carbocycles. The molecule has 1 unspecified atom stereocenters. The maximum Gasteiger partial charge on any atom is 0.410 e. The Balaban J connectivity index is 1.61. The Morgan fingerprint density at radius 1 is 0.865 bits per heavy atom. The van der Waals surface area contributed by atoms with Gasteiger partial charge < -0.3 is 34.9 Å². The SMILES string of the molecule is COc1ccc(C(=O)N(c2ccc(Cl)c(C(C)(C)C#N)c2)C(c2cccc(NC(=O)c3ccc(OC(N)=O)c(OC)c3)c2)C2CCCC2)cc1OC. The molecule has 1 fully saturated rings. The van der Waals surface area contributed by atoms with Crippen molar-refractivity contribution in [2.24, 2.45) is 11.7 Å². The highest BCUT2D eigenvalue weighted by molar-refractivity contribution is 6.31. The Labute approximate surface area is 308 Å². The predicted molar refractivity (Wildman–Crippen MR) is 199 cm³/mol. The number of carbonyl (C=O) groups excluding carboxylic acids is 3. The Hall–Kier alpha value is -5.73. The monoisotopic (exact) mass is 724 g/mol. The smallest absolute Gasteiger partial charge is 0.410 e. The zero-order chi connectivity index (χ0) is 37.6. The number of nitrogens with one attached hydrogen (secondary N) is 1. The van der Waals surface area contributed by atoms with E-state index in [1.54, 1.807) is 55.1 Å². The van der Waals surface area contributed by atoms with Crippen molar-refractivity contribution in [3.8, 4) is 29.1 Å². The molecule has 4 aromatic rings. The number of hydrogen-bond donors (Lipinski definition) is 2. The van der Waals surface area contributed by atoms with Crippen LogP contribution in [0.1, 0.15) is 77.4 Å². The number of amides is 3. The Bertz CT molecular complexity index is 2020. The zero-order valence-electron chi connectivity index (χ0n) is 29.7. The van der Waals surface area contributed by atoms with Crippen molar-refractivity contribution < 1.29 is 33.3 Å². The molecule has 1 saturated carbocycles. The molecule has 5 rings (SSSR count). The van der Waals surface area contributed by atoms with Gasteiger partial charge in [0.1, 0.15) is 0 Å². The summed E-state index contributed by atoms with van der Waals surface area (Å²) in [4.78, 5) is 41.5. The maximum atomic E-state index is 14.9. The van der Waals surface area contributed by atoms with Gasteiger partial charge >= 0.3 is 6.09 Å².